The minimum atomic E-state index is -0.398. The third-order valence-electron chi connectivity index (χ3n) is 4.41. The molecule has 6 nitrogen and oxygen atoms in total. The van der Waals surface area contributed by atoms with Crippen LogP contribution in [0.1, 0.15) is 29.7 Å². The van der Waals surface area contributed by atoms with Crippen LogP contribution in [-0.2, 0) is 4.79 Å². The summed E-state index contributed by atoms with van der Waals surface area (Å²) >= 11 is 0. The molecule has 0 spiro atoms. The van der Waals surface area contributed by atoms with E-state index in [-0.39, 0.29) is 0 Å². The Labute approximate surface area is 160 Å². The average molecular weight is 368 g/mol. The zero-order chi connectivity index (χ0) is 19.1. The van der Waals surface area contributed by atoms with Crippen LogP contribution in [0.25, 0.3) is 46.4 Å². The van der Waals surface area contributed by atoms with E-state index in [1.165, 1.54) is 11.7 Å². The molecular weight excluding hydrogens is 352 g/mol. The SMILES string of the molecule is CC(=O)On1c2ccc1cc1nc(cc3ccc(cc4nc(c2)C=C4)[nH]3)C=C1. The van der Waals surface area contributed by atoms with Gasteiger partial charge in [0.2, 0.25) is 0 Å². The predicted octanol–water partition coefficient (Wildman–Crippen LogP) is 4.10. The van der Waals surface area contributed by atoms with Crippen molar-refractivity contribution in [2.24, 2.45) is 0 Å². The molecule has 6 heteroatoms. The highest BCUT2D eigenvalue weighted by Gasteiger charge is 2.07. The Kier molecular flexibility index (Phi) is 3.69. The van der Waals surface area contributed by atoms with Gasteiger partial charge in [-0.15, -0.1) is 0 Å². The van der Waals surface area contributed by atoms with E-state index in [1.54, 1.807) is 0 Å². The van der Waals surface area contributed by atoms with Crippen molar-refractivity contribution in [1.29, 1.82) is 0 Å². The van der Waals surface area contributed by atoms with E-state index in [0.29, 0.717) is 0 Å². The third kappa shape index (κ3) is 3.12. The summed E-state index contributed by atoms with van der Waals surface area (Å²) in [5.41, 5.74) is 6.62. The minimum absolute atomic E-state index is 0.398. The number of carbonyl (C=O) groups excluding carboxylic acids is 1. The summed E-state index contributed by atoms with van der Waals surface area (Å²) in [5, 5.41) is 0. The van der Waals surface area contributed by atoms with Crippen molar-refractivity contribution in [3.8, 4) is 0 Å². The number of H-pyrrole nitrogens is 1. The number of rotatable bonds is 1. The van der Waals surface area contributed by atoms with Gasteiger partial charge in [-0.1, -0.05) is 0 Å². The van der Waals surface area contributed by atoms with Crippen molar-refractivity contribution in [2.45, 2.75) is 6.92 Å². The monoisotopic (exact) mass is 368 g/mol. The van der Waals surface area contributed by atoms with Gasteiger partial charge in [-0.05, 0) is 72.8 Å². The van der Waals surface area contributed by atoms with Crippen molar-refractivity contribution in [2.75, 3.05) is 0 Å². The molecule has 0 saturated carbocycles. The van der Waals surface area contributed by atoms with Crippen LogP contribution >= 0.6 is 0 Å². The fraction of sp³-hybridized carbons (Fsp3) is 0.0455. The Morgan fingerprint density at radius 1 is 0.786 bits per heavy atom. The van der Waals surface area contributed by atoms with Gasteiger partial charge in [-0.3, -0.25) is 0 Å². The third-order valence-corrected chi connectivity index (χ3v) is 4.41. The fourth-order valence-corrected chi connectivity index (χ4v) is 3.23. The highest BCUT2D eigenvalue weighted by molar-refractivity contribution is 5.78. The summed E-state index contributed by atoms with van der Waals surface area (Å²) in [7, 11) is 0. The van der Waals surface area contributed by atoms with Gasteiger partial charge in [0.1, 0.15) is 0 Å². The first-order valence-electron chi connectivity index (χ1n) is 8.88. The van der Waals surface area contributed by atoms with Crippen molar-refractivity contribution < 1.29 is 9.63 Å². The summed E-state index contributed by atoms with van der Waals surface area (Å²) in [6, 6.07) is 15.5. The first kappa shape index (κ1) is 16.3. The second-order valence-electron chi connectivity index (χ2n) is 6.60. The maximum Gasteiger partial charge on any atom is 0.329 e. The molecular formula is C22H16N4O2. The van der Waals surface area contributed by atoms with Gasteiger partial charge in [0.15, 0.2) is 0 Å². The highest BCUT2D eigenvalue weighted by atomic mass is 16.7. The largest absolute Gasteiger partial charge is 0.355 e. The zero-order valence-electron chi connectivity index (χ0n) is 15.1. The maximum absolute atomic E-state index is 11.6. The Morgan fingerprint density at radius 2 is 1.25 bits per heavy atom. The Hall–Kier alpha value is -3.93. The summed E-state index contributed by atoms with van der Waals surface area (Å²) in [5.74, 6) is -0.398. The first-order chi connectivity index (χ1) is 13.6. The zero-order valence-corrected chi connectivity index (χ0v) is 15.1. The van der Waals surface area contributed by atoms with E-state index in [2.05, 4.69) is 15.0 Å². The van der Waals surface area contributed by atoms with E-state index in [1.807, 2.05) is 72.8 Å². The predicted molar refractivity (Wildman–Crippen MR) is 110 cm³/mol. The standard InChI is InChI=1S/C22H16N4O2/c1-14(27)28-26-21-8-9-22(26)13-20-7-5-18(25-20)11-16-3-2-15(23-16)10-17-4-6-19(12-21)24-17/h2-13,23H,1H3. The van der Waals surface area contributed by atoms with Crippen molar-refractivity contribution in [1.82, 2.24) is 19.7 Å². The van der Waals surface area contributed by atoms with Gasteiger partial charge in [0, 0.05) is 18.0 Å². The highest BCUT2D eigenvalue weighted by Crippen LogP contribution is 2.18. The molecule has 136 valence electrons. The number of fused-ring (bicyclic) bond motifs is 8. The van der Waals surface area contributed by atoms with Crippen LogP contribution in [-0.4, -0.2) is 25.7 Å². The lowest BCUT2D eigenvalue weighted by Crippen LogP contribution is -2.15. The normalized spacial score (nSPS) is 12.3. The van der Waals surface area contributed by atoms with Gasteiger partial charge in [0.05, 0.1) is 33.8 Å². The maximum atomic E-state index is 11.6. The van der Waals surface area contributed by atoms with Crippen molar-refractivity contribution in [3.05, 3.63) is 71.3 Å². The van der Waals surface area contributed by atoms with Gasteiger partial charge in [0.25, 0.3) is 0 Å². The Balaban J connectivity index is 1.85. The van der Waals surface area contributed by atoms with E-state index in [0.717, 1.165) is 44.8 Å². The van der Waals surface area contributed by atoms with E-state index in [9.17, 15) is 4.79 Å². The molecule has 2 aliphatic heterocycles. The smallest absolute Gasteiger partial charge is 0.329 e. The topological polar surface area (TPSA) is 72.8 Å². The van der Waals surface area contributed by atoms with Crippen LogP contribution in [0.2, 0.25) is 0 Å². The fourth-order valence-electron chi connectivity index (χ4n) is 3.23. The van der Waals surface area contributed by atoms with Crippen molar-refractivity contribution in [3.63, 3.8) is 0 Å². The van der Waals surface area contributed by atoms with Crippen LogP contribution in [0.3, 0.4) is 0 Å². The quantitative estimate of drug-likeness (QED) is 0.483. The van der Waals surface area contributed by atoms with E-state index in [4.69, 9.17) is 4.84 Å². The van der Waals surface area contributed by atoms with Gasteiger partial charge >= 0.3 is 5.97 Å². The molecule has 0 amide bonds. The van der Waals surface area contributed by atoms with E-state index < -0.39 is 5.97 Å². The molecule has 0 aliphatic carbocycles. The number of hydrogen-bond donors (Lipinski definition) is 1. The Bertz CT molecular complexity index is 1230. The second kappa shape index (κ2) is 6.35. The second-order valence-corrected chi connectivity index (χ2v) is 6.60. The molecule has 0 saturated heterocycles. The summed E-state index contributed by atoms with van der Waals surface area (Å²) in [6.45, 7) is 1.38. The molecule has 0 unspecified atom stereocenters. The molecule has 2 aliphatic rings. The number of aromatic nitrogens is 4. The molecule has 5 heterocycles. The average Bonchev–Trinajstić information content (AvgIpc) is 3.42. The molecule has 28 heavy (non-hydrogen) atoms. The number of carbonyl (C=O) groups is 1. The van der Waals surface area contributed by atoms with Gasteiger partial charge in [-0.25, -0.2) is 14.8 Å². The summed E-state index contributed by atoms with van der Waals surface area (Å²) in [4.78, 5) is 29.6. The molecule has 0 aromatic carbocycles. The molecule has 0 fully saturated rings. The lowest BCUT2D eigenvalue weighted by Gasteiger charge is -2.04. The summed E-state index contributed by atoms with van der Waals surface area (Å²) in [6.07, 6.45) is 7.76. The lowest BCUT2D eigenvalue weighted by molar-refractivity contribution is -0.140. The molecule has 8 bridgehead atoms. The van der Waals surface area contributed by atoms with Crippen LogP contribution in [0.5, 0.6) is 0 Å². The van der Waals surface area contributed by atoms with E-state index >= 15 is 0 Å². The van der Waals surface area contributed by atoms with Crippen LogP contribution < -0.4 is 4.84 Å². The molecule has 5 rings (SSSR count). The minimum Gasteiger partial charge on any atom is -0.355 e. The van der Waals surface area contributed by atoms with Crippen LogP contribution in [0, 0.1) is 0 Å². The van der Waals surface area contributed by atoms with Crippen LogP contribution in [0.15, 0.2) is 48.5 Å². The molecule has 0 radical (unpaired) electrons. The summed E-state index contributed by atoms with van der Waals surface area (Å²) < 4.78 is 1.50. The molecule has 3 aromatic heterocycles. The van der Waals surface area contributed by atoms with Gasteiger partial charge < -0.3 is 9.82 Å². The number of aromatic amines is 1. The Morgan fingerprint density at radius 3 is 1.71 bits per heavy atom. The van der Waals surface area contributed by atoms with Crippen LogP contribution in [0.4, 0.5) is 0 Å². The molecule has 0 atom stereocenters. The van der Waals surface area contributed by atoms with Crippen molar-refractivity contribution >= 4 is 52.3 Å². The number of nitrogens with zero attached hydrogens (tertiary/aromatic N) is 3. The lowest BCUT2D eigenvalue weighted by atomic mass is 10.3. The number of hydrogen-bond acceptors (Lipinski definition) is 4. The first-order valence-corrected chi connectivity index (χ1v) is 8.88. The van der Waals surface area contributed by atoms with Gasteiger partial charge in [-0.2, -0.15) is 4.73 Å². The molecule has 1 N–H and O–H groups in total. The number of nitrogens with one attached hydrogen (secondary N) is 1. The molecule has 3 aromatic rings.